The molecule has 10 heteroatoms. The Hall–Kier alpha value is -1.48. The van der Waals surface area contributed by atoms with Crippen LogP contribution in [0.25, 0.3) is 0 Å². The predicted octanol–water partition coefficient (Wildman–Crippen LogP) is 0.945. The molecule has 1 fully saturated rings. The molecule has 1 aromatic carbocycles. The Kier molecular flexibility index (Phi) is 7.99. The van der Waals surface area contributed by atoms with Gasteiger partial charge in [-0.05, 0) is 0 Å². The fourth-order valence-corrected chi connectivity index (χ4v) is 5.08. The molecule has 0 aliphatic carbocycles. The molecule has 1 amide bonds. The average molecular weight is 435 g/mol. The van der Waals surface area contributed by atoms with E-state index in [-0.39, 0.29) is 12.5 Å². The number of rotatable bonds is 7. The van der Waals surface area contributed by atoms with E-state index in [1.807, 2.05) is 31.7 Å². The summed E-state index contributed by atoms with van der Waals surface area (Å²) in [6.07, 6.45) is -0.608. The number of aliphatic hydroxyl groups is 1. The first kappa shape index (κ1) is 22.7. The summed E-state index contributed by atoms with van der Waals surface area (Å²) in [5, 5.41) is 16.9. The molecule has 2 aromatic rings. The molecular formula is C21H28B3N3O3S. The minimum absolute atomic E-state index is 0.168. The summed E-state index contributed by atoms with van der Waals surface area (Å²) in [6.45, 7) is 11.1. The van der Waals surface area contributed by atoms with E-state index in [0.717, 1.165) is 37.0 Å². The van der Waals surface area contributed by atoms with Crippen LogP contribution in [-0.4, -0.2) is 79.7 Å². The maximum absolute atomic E-state index is 12.6. The SMILES string of the molecule is CC1COCSCC1Nc1bbbc(C(=O)NCC(O)CN2Cc3ccccc3C2)c1. The molecule has 0 bridgehead atoms. The van der Waals surface area contributed by atoms with E-state index in [1.165, 1.54) is 11.1 Å². The van der Waals surface area contributed by atoms with Gasteiger partial charge < -0.3 is 0 Å². The van der Waals surface area contributed by atoms with Crippen LogP contribution < -0.4 is 10.6 Å². The van der Waals surface area contributed by atoms with Crippen LogP contribution in [0, 0.1) is 5.92 Å². The molecule has 0 radical (unpaired) electrons. The summed E-state index contributed by atoms with van der Waals surface area (Å²) in [5.41, 5.74) is 4.16. The summed E-state index contributed by atoms with van der Waals surface area (Å²) in [5.74, 6) is 1.94. The zero-order valence-corrected chi connectivity index (χ0v) is 18.7. The molecule has 0 spiro atoms. The van der Waals surface area contributed by atoms with Crippen molar-refractivity contribution in [3.63, 3.8) is 0 Å². The number of fused-ring (bicyclic) bond motifs is 1. The van der Waals surface area contributed by atoms with Crippen molar-refractivity contribution in [1.29, 1.82) is 0 Å². The fourth-order valence-electron chi connectivity index (χ4n) is 4.10. The molecule has 160 valence electrons. The molecular weight excluding hydrogens is 407 g/mol. The van der Waals surface area contributed by atoms with Crippen molar-refractivity contribution in [3.05, 3.63) is 46.9 Å². The number of ether oxygens (including phenoxy) is 1. The quantitative estimate of drug-likeness (QED) is 0.602. The van der Waals surface area contributed by atoms with E-state index in [0.29, 0.717) is 24.0 Å². The van der Waals surface area contributed by atoms with Crippen molar-refractivity contribution in [2.75, 3.05) is 36.7 Å². The molecule has 3 heterocycles. The third-order valence-electron chi connectivity index (χ3n) is 5.88. The van der Waals surface area contributed by atoms with Gasteiger partial charge in [0.1, 0.15) is 0 Å². The Morgan fingerprint density at radius 3 is 2.87 bits per heavy atom. The molecule has 1 saturated heterocycles. The number of hydrogen-bond acceptors (Lipinski definition) is 6. The van der Waals surface area contributed by atoms with Crippen molar-refractivity contribution in [3.8, 4) is 0 Å². The van der Waals surface area contributed by atoms with E-state index in [2.05, 4.69) is 34.6 Å². The van der Waals surface area contributed by atoms with Crippen molar-refractivity contribution >= 4 is 43.5 Å². The van der Waals surface area contributed by atoms with Crippen LogP contribution in [0.1, 0.15) is 28.3 Å². The zero-order chi connectivity index (χ0) is 21.6. The van der Waals surface area contributed by atoms with Crippen LogP contribution in [0.4, 0.5) is 5.58 Å². The van der Waals surface area contributed by atoms with Gasteiger partial charge in [-0.15, -0.1) is 0 Å². The Bertz CT molecular complexity index is 882. The molecule has 2 aliphatic rings. The number of aliphatic hydroxyl groups excluding tert-OH is 1. The van der Waals surface area contributed by atoms with Gasteiger partial charge in [0.2, 0.25) is 0 Å². The Morgan fingerprint density at radius 2 is 2.10 bits per heavy atom. The van der Waals surface area contributed by atoms with Gasteiger partial charge in [0.05, 0.1) is 0 Å². The summed E-state index contributed by atoms with van der Waals surface area (Å²) in [4.78, 5) is 14.9. The summed E-state index contributed by atoms with van der Waals surface area (Å²) in [7, 11) is 0. The molecule has 2 aliphatic heterocycles. The van der Waals surface area contributed by atoms with E-state index in [4.69, 9.17) is 4.74 Å². The number of hydrogen-bond donors (Lipinski definition) is 3. The molecule has 0 saturated carbocycles. The van der Waals surface area contributed by atoms with Gasteiger partial charge in [-0.3, -0.25) is 0 Å². The number of thioether (sulfide) groups is 1. The third kappa shape index (κ3) is 6.28. The van der Waals surface area contributed by atoms with Gasteiger partial charge in [-0.25, -0.2) is 0 Å². The van der Waals surface area contributed by atoms with Gasteiger partial charge in [-0.1, -0.05) is 0 Å². The van der Waals surface area contributed by atoms with E-state index >= 15 is 0 Å². The predicted molar refractivity (Wildman–Crippen MR) is 129 cm³/mol. The Labute approximate surface area is 190 Å². The number of β-amino-alcohol motifs (C(OH)–C–C–N with tert-alkyl or cyclic N) is 1. The molecule has 1 aromatic heterocycles. The molecule has 3 N–H and O–H groups in total. The van der Waals surface area contributed by atoms with Crippen LogP contribution >= 0.6 is 11.8 Å². The van der Waals surface area contributed by atoms with Crippen LogP contribution in [0.3, 0.4) is 0 Å². The second kappa shape index (κ2) is 10.9. The van der Waals surface area contributed by atoms with Crippen molar-refractivity contribution in [1.82, 2.24) is 10.2 Å². The zero-order valence-electron chi connectivity index (χ0n) is 17.9. The van der Waals surface area contributed by atoms with E-state index < -0.39 is 6.10 Å². The molecule has 6 nitrogen and oxygen atoms in total. The van der Waals surface area contributed by atoms with Crippen molar-refractivity contribution in [2.45, 2.75) is 32.2 Å². The number of anilines is 1. The first-order valence-electron chi connectivity index (χ1n) is 10.9. The van der Waals surface area contributed by atoms with E-state index in [9.17, 15) is 9.90 Å². The number of nitrogens with zero attached hydrogens (tertiary/aromatic N) is 1. The third-order valence-corrected chi connectivity index (χ3v) is 6.81. The second-order valence-corrected chi connectivity index (χ2v) is 9.45. The van der Waals surface area contributed by atoms with Crippen LogP contribution in [0.2, 0.25) is 0 Å². The standard InChI is InChI=1S/C21H28B3N3O3S/c1-14-11-30-13-31-12-19(14)26-20-6-18(22-24-23-20)21(29)25-7-17(28)10-27-8-15-4-2-3-5-16(15)9-27/h2-6,14,17,19,26,28H,7-13H2,1H3,(H,25,29). The Balaban J connectivity index is 1.26. The molecule has 31 heavy (non-hydrogen) atoms. The number of carbonyl (C=O) groups is 1. The van der Waals surface area contributed by atoms with Crippen LogP contribution in [-0.2, 0) is 17.8 Å². The van der Waals surface area contributed by atoms with Crippen molar-refractivity contribution < 1.29 is 14.6 Å². The monoisotopic (exact) mass is 435 g/mol. The van der Waals surface area contributed by atoms with Gasteiger partial charge >= 0.3 is 190 Å². The number of carbonyl (C=O) groups excluding carboxylic acids is 1. The number of benzene rings is 1. The summed E-state index contributed by atoms with van der Waals surface area (Å²) < 4.78 is 5.59. The van der Waals surface area contributed by atoms with Gasteiger partial charge in [0.15, 0.2) is 0 Å². The molecule has 3 unspecified atom stereocenters. The normalized spacial score (nSPS) is 22.0. The first-order valence-corrected chi connectivity index (χ1v) is 12.0. The minimum atomic E-state index is -0.608. The van der Waals surface area contributed by atoms with Crippen LogP contribution in [0.5, 0.6) is 0 Å². The van der Waals surface area contributed by atoms with E-state index in [1.54, 1.807) is 18.6 Å². The summed E-state index contributed by atoms with van der Waals surface area (Å²) in [6, 6.07) is 10.5. The topological polar surface area (TPSA) is 73.8 Å². The molecule has 4 rings (SSSR count). The van der Waals surface area contributed by atoms with Crippen LogP contribution in [0.15, 0.2) is 30.3 Å². The fraction of sp³-hybridized carbons (Fsp3) is 0.524. The van der Waals surface area contributed by atoms with Crippen molar-refractivity contribution in [2.24, 2.45) is 5.92 Å². The summed E-state index contributed by atoms with van der Waals surface area (Å²) >= 11 is 1.78. The number of amides is 1. The Morgan fingerprint density at radius 1 is 1.32 bits per heavy atom. The molecule has 3 atom stereocenters. The number of nitrogens with one attached hydrogen (secondary N) is 2. The second-order valence-electron chi connectivity index (χ2n) is 8.47. The van der Waals surface area contributed by atoms with Gasteiger partial charge in [-0.2, -0.15) is 0 Å². The maximum atomic E-state index is 12.6. The van der Waals surface area contributed by atoms with Gasteiger partial charge in [0.25, 0.3) is 0 Å². The van der Waals surface area contributed by atoms with Gasteiger partial charge in [0, 0.05) is 0 Å². The first-order chi connectivity index (χ1) is 15.1. The average Bonchev–Trinajstić information content (AvgIpc) is 3.07.